The van der Waals surface area contributed by atoms with E-state index >= 15 is 0 Å². The van der Waals surface area contributed by atoms with Crippen LogP contribution in [0.1, 0.15) is 128 Å². The van der Waals surface area contributed by atoms with E-state index in [0.717, 1.165) is 24.2 Å². The molecule has 2 heterocycles. The lowest BCUT2D eigenvalue weighted by molar-refractivity contribution is 0.0922. The second-order valence-electron chi connectivity index (χ2n) is 14.8. The first-order chi connectivity index (χ1) is 21.3. The molecule has 0 amide bonds. The molecule has 0 radical (unpaired) electrons. The third-order valence-electron chi connectivity index (χ3n) is 12.7. The fourth-order valence-electron chi connectivity index (χ4n) is 10.8. The van der Waals surface area contributed by atoms with Gasteiger partial charge >= 0.3 is 0 Å². The molecule has 0 bridgehead atoms. The monoisotopic (exact) mass is 634 g/mol. The predicted octanol–water partition coefficient (Wildman–Crippen LogP) is 11.8. The molecule has 4 aliphatic carbocycles. The van der Waals surface area contributed by atoms with Crippen LogP contribution in [0.3, 0.4) is 0 Å². The number of fused-ring (bicyclic) bond motifs is 2. The van der Waals surface area contributed by atoms with Crippen LogP contribution in [0.5, 0.6) is 0 Å². The molecule has 2 aromatic carbocycles. The molecular weight excluding hydrogens is 581 g/mol. The summed E-state index contributed by atoms with van der Waals surface area (Å²) < 4.78 is 3.79. The summed E-state index contributed by atoms with van der Waals surface area (Å²) in [6.45, 7) is 0. The van der Waals surface area contributed by atoms with Gasteiger partial charge in [0.15, 0.2) is 9.41 Å². The number of quaternary nitrogens is 2. The zero-order chi connectivity index (χ0) is 28.7. The summed E-state index contributed by atoms with van der Waals surface area (Å²) >= 11 is 7.09. The van der Waals surface area contributed by atoms with E-state index in [-0.39, 0.29) is 0 Å². The van der Waals surface area contributed by atoms with Crippen molar-refractivity contribution in [3.8, 4) is 0 Å². The Kier molecular flexibility index (Phi) is 8.93. The summed E-state index contributed by atoms with van der Waals surface area (Å²) in [5, 5.41) is 0. The minimum atomic E-state index is 0.583. The molecule has 8 rings (SSSR count). The Balaban J connectivity index is 1.26. The van der Waals surface area contributed by atoms with Gasteiger partial charge < -0.3 is 0 Å². The van der Waals surface area contributed by atoms with E-state index in [4.69, 9.17) is 0 Å². The van der Waals surface area contributed by atoms with Gasteiger partial charge in [-0.1, -0.05) is 49.9 Å². The molecule has 43 heavy (non-hydrogen) atoms. The molecule has 5 heteroatoms. The van der Waals surface area contributed by atoms with Gasteiger partial charge in [0, 0.05) is 12.1 Å². The lowest BCUT2D eigenvalue weighted by Gasteiger charge is -2.55. The van der Waals surface area contributed by atoms with E-state index in [2.05, 4.69) is 83.8 Å². The normalized spacial score (nSPS) is 30.2. The Labute approximate surface area is 274 Å². The molecule has 4 saturated carbocycles. The Morgan fingerprint density at radius 1 is 0.419 bits per heavy atom. The van der Waals surface area contributed by atoms with Crippen molar-refractivity contribution in [3.63, 3.8) is 0 Å². The van der Waals surface area contributed by atoms with E-state index < -0.39 is 0 Å². The Bertz CT molecular complexity index is 1110. The summed E-state index contributed by atoms with van der Waals surface area (Å²) in [5.41, 5.74) is 3.44. The third kappa shape index (κ3) is 5.00. The fraction of sp³-hybridized carbons (Fsp3) is 0.684. The molecule has 2 atom stereocenters. The van der Waals surface area contributed by atoms with E-state index in [0.29, 0.717) is 9.41 Å². The maximum atomic E-state index is 2.59. The Morgan fingerprint density at radius 3 is 1.05 bits per heavy atom. The van der Waals surface area contributed by atoms with Gasteiger partial charge in [-0.05, 0) is 150 Å². The van der Waals surface area contributed by atoms with Gasteiger partial charge in [0.1, 0.15) is 11.4 Å². The van der Waals surface area contributed by atoms with Crippen LogP contribution in [-0.2, 0) is 0 Å². The van der Waals surface area contributed by atoms with Crippen LogP contribution in [0, 0.1) is 0 Å². The molecule has 0 N–H and O–H groups in total. The van der Waals surface area contributed by atoms with Gasteiger partial charge in [0.05, 0.1) is 34.0 Å². The third-order valence-corrected chi connectivity index (χ3v) is 17.4. The molecule has 2 nitrogen and oxygen atoms in total. The van der Waals surface area contributed by atoms with Gasteiger partial charge in [0.25, 0.3) is 0 Å². The smallest absolute Gasteiger partial charge is 0.199 e. The van der Waals surface area contributed by atoms with E-state index in [1.54, 1.807) is 21.2 Å². The zero-order valence-corrected chi connectivity index (χ0v) is 28.8. The van der Waals surface area contributed by atoms with Gasteiger partial charge in [-0.3, -0.25) is 8.97 Å². The summed E-state index contributed by atoms with van der Waals surface area (Å²) in [7, 11) is 0. The van der Waals surface area contributed by atoms with Crippen LogP contribution in [0.15, 0.2) is 58.3 Å². The van der Waals surface area contributed by atoms with Crippen LogP contribution in [-0.4, -0.2) is 33.6 Å². The molecular formula is C38H54N2S3+2. The molecule has 4 fully saturated rings. The quantitative estimate of drug-likeness (QED) is 0.290. The highest BCUT2D eigenvalue weighted by Gasteiger charge is 2.63. The Morgan fingerprint density at radius 2 is 0.721 bits per heavy atom. The molecule has 0 aromatic heterocycles. The van der Waals surface area contributed by atoms with Crippen molar-refractivity contribution in [2.75, 3.05) is 0 Å². The van der Waals surface area contributed by atoms with Crippen molar-refractivity contribution in [3.05, 3.63) is 48.5 Å². The first-order valence-electron chi connectivity index (χ1n) is 18.3. The van der Waals surface area contributed by atoms with Crippen LogP contribution >= 0.6 is 35.3 Å². The number of nitrogens with zero attached hydrogens (tertiary/aromatic N) is 2. The summed E-state index contributed by atoms with van der Waals surface area (Å²) in [4.78, 5) is 3.23. The van der Waals surface area contributed by atoms with Crippen molar-refractivity contribution in [2.24, 2.45) is 0 Å². The van der Waals surface area contributed by atoms with Gasteiger partial charge in [-0.15, -0.1) is 0 Å². The first-order valence-corrected chi connectivity index (χ1v) is 21.0. The van der Waals surface area contributed by atoms with Crippen molar-refractivity contribution >= 4 is 46.7 Å². The lowest BCUT2D eigenvalue weighted by Crippen LogP contribution is -2.69. The SMILES string of the molecule is c1ccc2c(c1)SC(SC1Sc3ccccc3[N+]1(C1CCCCC1)C1CCCCC1)[N+]2(C1CCCCC1)C1CCCCC1. The summed E-state index contributed by atoms with van der Waals surface area (Å²) in [5.74, 6) is 0. The number of hydrogen-bond donors (Lipinski definition) is 0. The number of hydrogen-bond acceptors (Lipinski definition) is 3. The Hall–Kier alpha value is -0.590. The van der Waals surface area contributed by atoms with E-state index in [1.807, 2.05) is 0 Å². The van der Waals surface area contributed by atoms with Crippen LogP contribution in [0.25, 0.3) is 0 Å². The zero-order valence-electron chi connectivity index (χ0n) is 26.3. The average Bonchev–Trinajstić information content (AvgIpc) is 3.60. The minimum absolute atomic E-state index is 0.583. The van der Waals surface area contributed by atoms with E-state index in [9.17, 15) is 0 Å². The van der Waals surface area contributed by atoms with Crippen molar-refractivity contribution < 1.29 is 0 Å². The molecule has 2 unspecified atom stereocenters. The van der Waals surface area contributed by atoms with Crippen LogP contribution in [0.4, 0.5) is 11.4 Å². The van der Waals surface area contributed by atoms with Crippen LogP contribution in [0.2, 0.25) is 0 Å². The highest BCUT2D eigenvalue weighted by atomic mass is 32.2. The standard InChI is InChI=1S/C38H54N2S3/c1-5-17-29(18-6-1)39(30-19-7-2-8-20-30)33-25-13-15-27-35(33)41-37(39)43-38-40(31-21-9-3-10-22-31,32-23-11-4-12-24-32)34-26-14-16-28-36(34)42-38/h13-16,25-32,37-38H,1-12,17-24H2/q+2. The second-order valence-corrected chi connectivity index (χ2v) is 18.8. The number of thioether (sulfide) groups is 3. The molecule has 2 aromatic rings. The van der Waals surface area contributed by atoms with Crippen molar-refractivity contribution in [1.82, 2.24) is 8.97 Å². The highest BCUT2D eigenvalue weighted by Crippen LogP contribution is 2.65. The lowest BCUT2D eigenvalue weighted by atomic mass is 9.85. The highest BCUT2D eigenvalue weighted by molar-refractivity contribution is 8.24. The van der Waals surface area contributed by atoms with Gasteiger partial charge in [-0.2, -0.15) is 0 Å². The average molecular weight is 635 g/mol. The van der Waals surface area contributed by atoms with Crippen molar-refractivity contribution in [2.45, 2.75) is 172 Å². The van der Waals surface area contributed by atoms with Gasteiger partial charge in [0.2, 0.25) is 0 Å². The number of benzene rings is 2. The predicted molar refractivity (Wildman–Crippen MR) is 191 cm³/mol. The molecule has 6 aliphatic rings. The van der Waals surface area contributed by atoms with Gasteiger partial charge in [-0.25, -0.2) is 0 Å². The molecule has 0 saturated heterocycles. The molecule has 0 spiro atoms. The van der Waals surface area contributed by atoms with Crippen molar-refractivity contribution in [1.29, 1.82) is 0 Å². The minimum Gasteiger partial charge on any atom is -0.265 e. The molecule has 232 valence electrons. The maximum absolute atomic E-state index is 2.59. The van der Waals surface area contributed by atoms with Crippen LogP contribution < -0.4 is 8.97 Å². The first kappa shape index (κ1) is 29.8. The largest absolute Gasteiger partial charge is 0.265 e. The summed E-state index contributed by atoms with van der Waals surface area (Å²) in [6, 6.07) is 22.8. The fourth-order valence-corrected chi connectivity index (χ4v) is 17.0. The topological polar surface area (TPSA) is 0 Å². The number of para-hydroxylation sites is 2. The second kappa shape index (κ2) is 12.9. The molecule has 2 aliphatic heterocycles. The maximum Gasteiger partial charge on any atom is 0.199 e. The van der Waals surface area contributed by atoms with E-state index in [1.165, 1.54) is 137 Å². The number of rotatable bonds is 6. The summed E-state index contributed by atoms with van der Waals surface area (Å²) in [6.07, 6.45) is 28.8.